The first-order valence-electron chi connectivity index (χ1n) is 7.87. The Balaban J connectivity index is 2.25. The number of nitrogens with one attached hydrogen (secondary N) is 2. The van der Waals surface area contributed by atoms with Crippen molar-refractivity contribution in [1.82, 2.24) is 5.48 Å². The highest BCUT2D eigenvalue weighted by Gasteiger charge is 2.20. The molecule has 0 spiro atoms. The van der Waals surface area contributed by atoms with Crippen LogP contribution in [0, 0.1) is 20.6 Å². The summed E-state index contributed by atoms with van der Waals surface area (Å²) < 4.78 is 28.9. The van der Waals surface area contributed by atoms with Gasteiger partial charge in [0.25, 0.3) is 5.91 Å². The molecule has 0 saturated heterocycles. The van der Waals surface area contributed by atoms with Crippen molar-refractivity contribution in [3.8, 4) is 0 Å². The molecule has 2 rings (SSSR count). The average Bonchev–Trinajstić information content (AvgIpc) is 2.60. The molecular weight excluding hydrogens is 537 g/mol. The van der Waals surface area contributed by atoms with E-state index in [1.807, 2.05) is 22.6 Å². The molecule has 0 heterocycles. The van der Waals surface area contributed by atoms with Crippen molar-refractivity contribution in [3.05, 3.63) is 55.6 Å². The summed E-state index contributed by atoms with van der Waals surface area (Å²) in [6.07, 6.45) is 0. The van der Waals surface area contributed by atoms with Crippen LogP contribution in [0.1, 0.15) is 24.2 Å². The predicted molar refractivity (Wildman–Crippen MR) is 111 cm³/mol. The van der Waals surface area contributed by atoms with E-state index in [9.17, 15) is 18.7 Å². The number of aliphatic hydroxyl groups is 1. The molecule has 0 bridgehead atoms. The maximum absolute atomic E-state index is 14.1. The molecule has 3 N–H and O–H groups in total. The van der Waals surface area contributed by atoms with Gasteiger partial charge in [0.1, 0.15) is 11.6 Å². The third kappa shape index (κ3) is 6.09. The molecule has 0 aliphatic heterocycles. The number of hydrogen-bond donors (Lipinski definition) is 3. The van der Waals surface area contributed by atoms with E-state index in [2.05, 4.69) is 26.7 Å². The van der Waals surface area contributed by atoms with Gasteiger partial charge < -0.3 is 10.4 Å². The highest BCUT2D eigenvalue weighted by atomic mass is 127. The lowest BCUT2D eigenvalue weighted by atomic mass is 9.97. The van der Waals surface area contributed by atoms with Crippen LogP contribution >= 0.6 is 38.5 Å². The Bertz CT molecular complexity index is 850. The summed E-state index contributed by atoms with van der Waals surface area (Å²) in [5.41, 5.74) is 1.96. The quantitative estimate of drug-likeness (QED) is 0.341. The van der Waals surface area contributed by atoms with Crippen molar-refractivity contribution < 1.29 is 23.5 Å². The topological polar surface area (TPSA) is 70.6 Å². The Morgan fingerprint density at radius 2 is 1.93 bits per heavy atom. The fourth-order valence-electron chi connectivity index (χ4n) is 1.97. The van der Waals surface area contributed by atoms with Crippen molar-refractivity contribution in [2.75, 3.05) is 18.5 Å². The molecule has 5 nitrogen and oxygen atoms in total. The number of amides is 1. The van der Waals surface area contributed by atoms with Crippen molar-refractivity contribution >= 4 is 55.8 Å². The number of hydrogen-bond acceptors (Lipinski definition) is 4. The fraction of sp³-hybridized carbons (Fsp3) is 0.278. The number of rotatable bonds is 7. The van der Waals surface area contributed by atoms with E-state index in [0.717, 1.165) is 6.07 Å². The van der Waals surface area contributed by atoms with Crippen LogP contribution in [-0.4, -0.2) is 24.2 Å². The molecule has 2 aromatic rings. The average molecular weight is 555 g/mol. The van der Waals surface area contributed by atoms with Crippen LogP contribution in [0.15, 0.2) is 34.8 Å². The van der Waals surface area contributed by atoms with E-state index in [1.165, 1.54) is 18.2 Å². The summed E-state index contributed by atoms with van der Waals surface area (Å²) in [7, 11) is 0. The molecule has 0 aliphatic rings. The Labute approximate surface area is 177 Å². The minimum atomic E-state index is -0.641. The molecule has 9 heteroatoms. The predicted octanol–water partition coefficient (Wildman–Crippen LogP) is 4.76. The Morgan fingerprint density at radius 3 is 2.56 bits per heavy atom. The van der Waals surface area contributed by atoms with Gasteiger partial charge in [-0.3, -0.25) is 9.63 Å². The molecule has 2 aromatic carbocycles. The maximum Gasteiger partial charge on any atom is 0.276 e. The summed E-state index contributed by atoms with van der Waals surface area (Å²) in [5, 5.41) is 11.9. The van der Waals surface area contributed by atoms with E-state index >= 15 is 0 Å². The van der Waals surface area contributed by atoms with E-state index in [4.69, 9.17) is 4.84 Å². The molecule has 146 valence electrons. The van der Waals surface area contributed by atoms with Gasteiger partial charge in [0.15, 0.2) is 0 Å². The molecule has 1 amide bonds. The zero-order valence-corrected chi connectivity index (χ0v) is 18.3. The standard InChI is InChI=1S/C18H18BrF2IN2O3/c1-18(2,8-25)9-27-24-17(26)11-6-12(19)13(20)7-16(11)23-15-4-3-10(22)5-14(15)21/h3-7,23,25H,8-9H2,1-2H3,(H,24,26). The Kier molecular flexibility index (Phi) is 7.55. The lowest BCUT2D eigenvalue weighted by molar-refractivity contribution is -0.0197. The van der Waals surface area contributed by atoms with Crippen molar-refractivity contribution in [3.63, 3.8) is 0 Å². The van der Waals surface area contributed by atoms with Gasteiger partial charge in [-0.05, 0) is 68.9 Å². The van der Waals surface area contributed by atoms with Gasteiger partial charge in [0, 0.05) is 8.99 Å². The highest BCUT2D eigenvalue weighted by molar-refractivity contribution is 14.1. The van der Waals surface area contributed by atoms with Crippen molar-refractivity contribution in [2.45, 2.75) is 13.8 Å². The molecule has 0 fully saturated rings. The van der Waals surface area contributed by atoms with E-state index in [-0.39, 0.29) is 34.6 Å². The zero-order valence-electron chi connectivity index (χ0n) is 14.6. The highest BCUT2D eigenvalue weighted by Crippen LogP contribution is 2.29. The van der Waals surface area contributed by atoms with Crippen LogP contribution in [0.4, 0.5) is 20.2 Å². The summed E-state index contributed by atoms with van der Waals surface area (Å²) in [5.74, 6) is -1.78. The second-order valence-electron chi connectivity index (χ2n) is 6.60. The first kappa shape index (κ1) is 22.0. The van der Waals surface area contributed by atoms with Gasteiger partial charge in [-0.25, -0.2) is 14.3 Å². The number of aliphatic hydroxyl groups excluding tert-OH is 1. The van der Waals surface area contributed by atoms with Crippen molar-refractivity contribution in [2.24, 2.45) is 5.41 Å². The van der Waals surface area contributed by atoms with Crippen LogP contribution in [0.25, 0.3) is 0 Å². The lowest BCUT2D eigenvalue weighted by Crippen LogP contribution is -2.32. The second-order valence-corrected chi connectivity index (χ2v) is 8.70. The molecule has 0 radical (unpaired) electrons. The van der Waals surface area contributed by atoms with Gasteiger partial charge >= 0.3 is 0 Å². The van der Waals surface area contributed by atoms with Gasteiger partial charge in [-0.2, -0.15) is 0 Å². The van der Waals surface area contributed by atoms with Gasteiger partial charge in [0.2, 0.25) is 0 Å². The SMILES string of the molecule is CC(C)(CO)CONC(=O)c1cc(Br)c(F)cc1Nc1ccc(I)cc1F. The third-order valence-electron chi connectivity index (χ3n) is 3.56. The minimum Gasteiger partial charge on any atom is -0.396 e. The molecule has 0 aliphatic carbocycles. The van der Waals surface area contributed by atoms with Gasteiger partial charge in [0.05, 0.1) is 34.6 Å². The summed E-state index contributed by atoms with van der Waals surface area (Å²) >= 11 is 5.01. The molecule has 0 atom stereocenters. The van der Waals surface area contributed by atoms with E-state index in [0.29, 0.717) is 3.57 Å². The van der Waals surface area contributed by atoms with Gasteiger partial charge in [-0.1, -0.05) is 13.8 Å². The monoisotopic (exact) mass is 554 g/mol. The first-order chi connectivity index (χ1) is 12.6. The number of carbonyl (C=O) groups excluding carboxylic acids is 1. The van der Waals surface area contributed by atoms with Crippen LogP contribution < -0.4 is 10.8 Å². The summed E-state index contributed by atoms with van der Waals surface area (Å²) in [6, 6.07) is 6.87. The molecular formula is C18H18BrF2IN2O3. The van der Waals surface area contributed by atoms with Crippen LogP contribution in [-0.2, 0) is 4.84 Å². The van der Waals surface area contributed by atoms with Crippen molar-refractivity contribution in [1.29, 1.82) is 0 Å². The Hall–Kier alpha value is -1.30. The first-order valence-corrected chi connectivity index (χ1v) is 9.74. The second kappa shape index (κ2) is 9.26. The molecule has 0 unspecified atom stereocenters. The number of hydroxylamine groups is 1. The largest absolute Gasteiger partial charge is 0.396 e. The number of halogens is 4. The molecule has 27 heavy (non-hydrogen) atoms. The number of anilines is 2. The summed E-state index contributed by atoms with van der Waals surface area (Å²) in [6.45, 7) is 3.48. The maximum atomic E-state index is 14.1. The van der Waals surface area contributed by atoms with Gasteiger partial charge in [-0.15, -0.1) is 0 Å². The Morgan fingerprint density at radius 1 is 1.22 bits per heavy atom. The van der Waals surface area contributed by atoms with Crippen LogP contribution in [0.3, 0.4) is 0 Å². The number of carbonyl (C=O) groups is 1. The number of benzene rings is 2. The molecule has 0 saturated carbocycles. The van der Waals surface area contributed by atoms with E-state index < -0.39 is 23.0 Å². The lowest BCUT2D eigenvalue weighted by Gasteiger charge is -2.21. The molecule has 0 aromatic heterocycles. The van der Waals surface area contributed by atoms with Crippen LogP contribution in [0.2, 0.25) is 0 Å². The normalized spacial score (nSPS) is 11.4. The smallest absolute Gasteiger partial charge is 0.276 e. The van der Waals surface area contributed by atoms with Crippen LogP contribution in [0.5, 0.6) is 0 Å². The summed E-state index contributed by atoms with van der Waals surface area (Å²) in [4.78, 5) is 17.6. The minimum absolute atomic E-state index is 0.0584. The third-order valence-corrected chi connectivity index (χ3v) is 4.84. The fourth-order valence-corrected chi connectivity index (χ4v) is 2.77. The van der Waals surface area contributed by atoms with E-state index in [1.54, 1.807) is 19.9 Å². The zero-order chi connectivity index (χ0) is 20.2.